The van der Waals surface area contributed by atoms with Crippen molar-refractivity contribution < 1.29 is 14.2 Å². The van der Waals surface area contributed by atoms with Gasteiger partial charge in [-0.25, -0.2) is 0 Å². The number of benzene rings is 1. The van der Waals surface area contributed by atoms with E-state index in [1.54, 1.807) is 11.8 Å². The summed E-state index contributed by atoms with van der Waals surface area (Å²) in [6, 6.07) is 5.72. The second-order valence-electron chi connectivity index (χ2n) is 4.66. The van der Waals surface area contributed by atoms with E-state index in [1.165, 1.54) is 0 Å². The van der Waals surface area contributed by atoms with Crippen molar-refractivity contribution in [3.8, 4) is 22.8 Å². The molecule has 6 nitrogen and oxygen atoms in total. The zero-order chi connectivity index (χ0) is 14.1. The van der Waals surface area contributed by atoms with Crippen LogP contribution in [0.3, 0.4) is 0 Å². The van der Waals surface area contributed by atoms with Crippen molar-refractivity contribution in [1.82, 2.24) is 9.78 Å². The van der Waals surface area contributed by atoms with Gasteiger partial charge in [-0.2, -0.15) is 5.10 Å². The van der Waals surface area contributed by atoms with E-state index in [0.717, 1.165) is 28.3 Å². The monoisotopic (exact) mass is 275 g/mol. The molecule has 0 amide bonds. The fraction of sp³-hybridized carbons (Fsp3) is 0.357. The van der Waals surface area contributed by atoms with Crippen LogP contribution in [0.2, 0.25) is 0 Å². The molecule has 0 saturated carbocycles. The third kappa shape index (κ3) is 2.18. The van der Waals surface area contributed by atoms with E-state index in [9.17, 15) is 0 Å². The molecule has 0 bridgehead atoms. The Morgan fingerprint density at radius 3 is 2.55 bits per heavy atom. The molecular weight excluding hydrogens is 258 g/mol. The van der Waals surface area contributed by atoms with Crippen LogP contribution in [-0.2, 0) is 18.4 Å². The molecule has 0 aliphatic carbocycles. The van der Waals surface area contributed by atoms with Gasteiger partial charge in [0.2, 0.25) is 0 Å². The van der Waals surface area contributed by atoms with Gasteiger partial charge in [-0.1, -0.05) is 0 Å². The highest BCUT2D eigenvalue weighted by Gasteiger charge is 2.18. The molecule has 1 aliphatic rings. The van der Waals surface area contributed by atoms with Crippen LogP contribution in [0.1, 0.15) is 5.56 Å². The van der Waals surface area contributed by atoms with Crippen molar-refractivity contribution in [1.29, 1.82) is 0 Å². The number of anilines is 1. The number of nitrogens with two attached hydrogens (primary N) is 1. The zero-order valence-electron chi connectivity index (χ0n) is 11.5. The van der Waals surface area contributed by atoms with E-state index in [0.29, 0.717) is 25.6 Å². The Kier molecular flexibility index (Phi) is 3.23. The first kappa shape index (κ1) is 12.8. The number of fused-ring (bicyclic) bond motifs is 1. The Balaban J connectivity index is 2.11. The van der Waals surface area contributed by atoms with Crippen LogP contribution in [0.5, 0.6) is 11.5 Å². The number of methoxy groups -OCH3 is 1. The molecule has 0 radical (unpaired) electrons. The Bertz CT molecular complexity index is 617. The van der Waals surface area contributed by atoms with Crippen LogP contribution in [0, 0.1) is 0 Å². The lowest BCUT2D eigenvalue weighted by Gasteiger charge is -2.20. The number of rotatable bonds is 3. The normalized spacial score (nSPS) is 13.5. The van der Waals surface area contributed by atoms with Crippen molar-refractivity contribution in [3.05, 3.63) is 23.8 Å². The Morgan fingerprint density at radius 2 is 1.95 bits per heavy atom. The average Bonchev–Trinajstić information content (AvgIpc) is 2.78. The van der Waals surface area contributed by atoms with Crippen LogP contribution >= 0.6 is 0 Å². The highest BCUT2D eigenvalue weighted by atomic mass is 16.6. The van der Waals surface area contributed by atoms with Gasteiger partial charge in [0.1, 0.15) is 19.0 Å². The summed E-state index contributed by atoms with van der Waals surface area (Å²) in [6.45, 7) is 1.60. The highest BCUT2D eigenvalue weighted by Crippen LogP contribution is 2.37. The molecule has 0 spiro atoms. The highest BCUT2D eigenvalue weighted by molar-refractivity contribution is 5.70. The number of nitrogens with zero attached hydrogens (tertiary/aromatic N) is 2. The number of hydrogen-bond acceptors (Lipinski definition) is 5. The second-order valence-corrected chi connectivity index (χ2v) is 4.66. The molecule has 6 heteroatoms. The summed E-state index contributed by atoms with van der Waals surface area (Å²) >= 11 is 0. The molecular formula is C14H17N3O3. The van der Waals surface area contributed by atoms with Gasteiger partial charge in [0.05, 0.1) is 12.3 Å². The van der Waals surface area contributed by atoms with Gasteiger partial charge in [-0.3, -0.25) is 4.68 Å². The first-order valence-electron chi connectivity index (χ1n) is 6.40. The van der Waals surface area contributed by atoms with E-state index in [4.69, 9.17) is 19.9 Å². The van der Waals surface area contributed by atoms with Crippen LogP contribution in [-0.4, -0.2) is 30.1 Å². The van der Waals surface area contributed by atoms with E-state index in [2.05, 4.69) is 5.10 Å². The van der Waals surface area contributed by atoms with Gasteiger partial charge in [-0.15, -0.1) is 0 Å². The smallest absolute Gasteiger partial charge is 0.162 e. The lowest BCUT2D eigenvalue weighted by molar-refractivity contribution is 0.168. The molecule has 106 valence electrons. The van der Waals surface area contributed by atoms with Crippen LogP contribution in [0.25, 0.3) is 11.3 Å². The molecule has 1 aliphatic heterocycles. The van der Waals surface area contributed by atoms with Gasteiger partial charge in [0, 0.05) is 25.8 Å². The summed E-state index contributed by atoms with van der Waals surface area (Å²) in [5.74, 6) is 2.09. The molecule has 20 heavy (non-hydrogen) atoms. The van der Waals surface area contributed by atoms with Crippen molar-refractivity contribution in [3.63, 3.8) is 0 Å². The number of aromatic nitrogens is 2. The van der Waals surface area contributed by atoms with Gasteiger partial charge in [-0.05, 0) is 17.7 Å². The minimum absolute atomic E-state index is 0.475. The summed E-state index contributed by atoms with van der Waals surface area (Å²) in [5.41, 5.74) is 8.60. The maximum Gasteiger partial charge on any atom is 0.162 e. The fourth-order valence-electron chi connectivity index (χ4n) is 2.26. The molecule has 3 rings (SSSR count). The Morgan fingerprint density at radius 1 is 1.25 bits per heavy atom. The minimum Gasteiger partial charge on any atom is -0.486 e. The average molecular weight is 275 g/mol. The lowest BCUT2D eigenvalue weighted by Crippen LogP contribution is -2.15. The quantitative estimate of drug-likeness (QED) is 0.921. The molecule has 0 atom stereocenters. The van der Waals surface area contributed by atoms with Gasteiger partial charge < -0.3 is 19.9 Å². The van der Waals surface area contributed by atoms with E-state index < -0.39 is 0 Å². The number of hydrogen-bond donors (Lipinski definition) is 1. The van der Waals surface area contributed by atoms with Gasteiger partial charge >= 0.3 is 0 Å². The SMILES string of the molecule is COCc1cc2c(cc1-c1cc(N)n(C)n1)OCCO2. The van der Waals surface area contributed by atoms with Crippen molar-refractivity contribution in [2.45, 2.75) is 6.61 Å². The topological polar surface area (TPSA) is 71.5 Å². The largest absolute Gasteiger partial charge is 0.486 e. The van der Waals surface area contributed by atoms with Crippen LogP contribution < -0.4 is 15.2 Å². The molecule has 1 aromatic heterocycles. The lowest BCUT2D eigenvalue weighted by atomic mass is 10.0. The zero-order valence-corrected chi connectivity index (χ0v) is 11.5. The summed E-state index contributed by atoms with van der Waals surface area (Å²) in [7, 11) is 3.47. The first-order valence-corrected chi connectivity index (χ1v) is 6.40. The third-order valence-corrected chi connectivity index (χ3v) is 3.26. The van der Waals surface area contributed by atoms with Crippen LogP contribution in [0.4, 0.5) is 5.82 Å². The van der Waals surface area contributed by atoms with Crippen molar-refractivity contribution in [2.75, 3.05) is 26.1 Å². The summed E-state index contributed by atoms with van der Waals surface area (Å²) < 4.78 is 18.1. The molecule has 2 heterocycles. The molecule has 1 aromatic carbocycles. The molecule has 0 saturated heterocycles. The van der Waals surface area contributed by atoms with Gasteiger partial charge in [0.15, 0.2) is 11.5 Å². The molecule has 0 fully saturated rings. The summed E-state index contributed by atoms with van der Waals surface area (Å²) in [4.78, 5) is 0. The van der Waals surface area contributed by atoms with E-state index >= 15 is 0 Å². The van der Waals surface area contributed by atoms with Crippen molar-refractivity contribution in [2.24, 2.45) is 7.05 Å². The maximum atomic E-state index is 5.85. The molecule has 2 aromatic rings. The summed E-state index contributed by atoms with van der Waals surface area (Å²) in [6.07, 6.45) is 0. The number of nitrogen functional groups attached to an aromatic ring is 1. The fourth-order valence-corrected chi connectivity index (χ4v) is 2.26. The second kappa shape index (κ2) is 5.05. The van der Waals surface area contributed by atoms with E-state index in [-0.39, 0.29) is 0 Å². The Labute approximate surface area is 117 Å². The van der Waals surface area contributed by atoms with E-state index in [1.807, 2.05) is 25.2 Å². The minimum atomic E-state index is 0.475. The molecule has 2 N–H and O–H groups in total. The first-order chi connectivity index (χ1) is 9.69. The number of aryl methyl sites for hydroxylation is 1. The van der Waals surface area contributed by atoms with Crippen molar-refractivity contribution >= 4 is 5.82 Å². The van der Waals surface area contributed by atoms with Crippen LogP contribution in [0.15, 0.2) is 18.2 Å². The predicted molar refractivity (Wildman–Crippen MR) is 74.8 cm³/mol. The standard InChI is InChI=1S/C14H17N3O3/c1-17-14(15)7-11(16-17)10-6-13-12(19-3-4-20-13)5-9(10)8-18-2/h5-7H,3-4,8,15H2,1-2H3. The molecule has 0 unspecified atom stereocenters. The Hall–Kier alpha value is -2.21. The van der Waals surface area contributed by atoms with Gasteiger partial charge in [0.25, 0.3) is 0 Å². The maximum absolute atomic E-state index is 5.85. The summed E-state index contributed by atoms with van der Waals surface area (Å²) in [5, 5.41) is 4.41. The number of ether oxygens (including phenoxy) is 3. The predicted octanol–water partition coefficient (Wildman–Crippen LogP) is 1.59. The third-order valence-electron chi connectivity index (χ3n) is 3.26.